The molecule has 1 aliphatic rings. The van der Waals surface area contributed by atoms with E-state index in [1.807, 2.05) is 0 Å². The van der Waals surface area contributed by atoms with Crippen LogP contribution < -0.4 is 5.32 Å². The molecule has 1 aromatic carbocycles. The molecule has 2 rings (SSSR count). The highest BCUT2D eigenvalue weighted by molar-refractivity contribution is 5.22. The van der Waals surface area contributed by atoms with Crippen LogP contribution in [0.2, 0.25) is 0 Å². The van der Waals surface area contributed by atoms with Gasteiger partial charge in [0.2, 0.25) is 0 Å². The van der Waals surface area contributed by atoms with Crippen LogP contribution in [0.25, 0.3) is 0 Å². The van der Waals surface area contributed by atoms with Gasteiger partial charge >= 0.3 is 0 Å². The zero-order valence-electron chi connectivity index (χ0n) is 15.4. The fraction of sp³-hybridized carbons (Fsp3) is 0.700. The molecular formula is C20H34N2O. The first-order valence-electron chi connectivity index (χ1n) is 8.94. The molecule has 2 N–H and O–H groups in total. The van der Waals surface area contributed by atoms with E-state index in [4.69, 9.17) is 0 Å². The predicted molar refractivity (Wildman–Crippen MR) is 97.7 cm³/mol. The van der Waals surface area contributed by atoms with Crippen LogP contribution in [0.15, 0.2) is 30.3 Å². The zero-order valence-corrected chi connectivity index (χ0v) is 15.4. The summed E-state index contributed by atoms with van der Waals surface area (Å²) >= 11 is 0. The van der Waals surface area contributed by atoms with E-state index in [-0.39, 0.29) is 12.0 Å². The van der Waals surface area contributed by atoms with Crippen LogP contribution in [0.1, 0.15) is 45.6 Å². The van der Waals surface area contributed by atoms with Gasteiger partial charge in [0.15, 0.2) is 0 Å². The molecule has 3 heteroatoms. The fourth-order valence-corrected chi connectivity index (χ4v) is 3.74. The second-order valence-corrected chi connectivity index (χ2v) is 8.13. The maximum absolute atomic E-state index is 9.86. The number of aliphatic hydroxyl groups is 1. The minimum atomic E-state index is -0.130. The van der Waals surface area contributed by atoms with Gasteiger partial charge in [0.1, 0.15) is 0 Å². The fourth-order valence-electron chi connectivity index (χ4n) is 3.74. The Bertz CT molecular complexity index is 474. The molecule has 4 atom stereocenters. The lowest BCUT2D eigenvalue weighted by atomic mass is 9.75. The number of rotatable bonds is 6. The van der Waals surface area contributed by atoms with Crippen molar-refractivity contribution >= 4 is 0 Å². The Hall–Kier alpha value is -0.900. The monoisotopic (exact) mass is 318 g/mol. The summed E-state index contributed by atoms with van der Waals surface area (Å²) in [5.41, 5.74) is 1.18. The minimum absolute atomic E-state index is 0.130. The second kappa shape index (κ2) is 7.78. The number of nitrogens with zero attached hydrogens (tertiary/aromatic N) is 1. The van der Waals surface area contributed by atoms with Gasteiger partial charge in [0, 0.05) is 37.7 Å². The van der Waals surface area contributed by atoms with E-state index in [1.165, 1.54) is 12.0 Å². The second-order valence-electron chi connectivity index (χ2n) is 8.13. The first kappa shape index (κ1) is 18.4. The van der Waals surface area contributed by atoms with Crippen LogP contribution in [0.4, 0.5) is 0 Å². The Morgan fingerprint density at radius 3 is 2.52 bits per heavy atom. The number of nitrogens with one attached hydrogen (secondary N) is 1. The summed E-state index contributed by atoms with van der Waals surface area (Å²) in [5.74, 6) is 0.973. The summed E-state index contributed by atoms with van der Waals surface area (Å²) in [6.45, 7) is 11.2. The molecule has 3 nitrogen and oxygen atoms in total. The average molecular weight is 319 g/mol. The molecule has 0 radical (unpaired) electrons. The lowest BCUT2D eigenvalue weighted by Gasteiger charge is -2.42. The molecular weight excluding hydrogens is 284 g/mol. The predicted octanol–water partition coefficient (Wildman–Crippen LogP) is 3.11. The van der Waals surface area contributed by atoms with Gasteiger partial charge in [-0.05, 0) is 37.3 Å². The molecule has 1 aliphatic heterocycles. The third-order valence-electron chi connectivity index (χ3n) is 5.75. The first-order chi connectivity index (χ1) is 10.8. The van der Waals surface area contributed by atoms with Gasteiger partial charge in [0.25, 0.3) is 0 Å². The normalized spacial score (nSPS) is 27.8. The third kappa shape index (κ3) is 4.56. The lowest BCUT2D eigenvalue weighted by molar-refractivity contribution is 0.104. The number of aliphatic hydroxyl groups excluding tert-OH is 1. The van der Waals surface area contributed by atoms with E-state index in [1.54, 1.807) is 0 Å². The molecule has 0 bridgehead atoms. The van der Waals surface area contributed by atoms with Gasteiger partial charge in [-0.1, -0.05) is 51.1 Å². The Morgan fingerprint density at radius 1 is 1.26 bits per heavy atom. The summed E-state index contributed by atoms with van der Waals surface area (Å²) in [5, 5.41) is 13.7. The first-order valence-corrected chi connectivity index (χ1v) is 8.94. The molecule has 0 amide bonds. The van der Waals surface area contributed by atoms with Crippen LogP contribution in [0.5, 0.6) is 0 Å². The maximum Gasteiger partial charge on any atom is 0.0488 e. The van der Waals surface area contributed by atoms with Crippen molar-refractivity contribution in [2.75, 3.05) is 26.7 Å². The van der Waals surface area contributed by atoms with Crippen molar-refractivity contribution in [3.63, 3.8) is 0 Å². The van der Waals surface area contributed by atoms with Crippen molar-refractivity contribution in [1.82, 2.24) is 10.2 Å². The molecule has 0 aliphatic carbocycles. The summed E-state index contributed by atoms with van der Waals surface area (Å²) in [4.78, 5) is 2.45. The quantitative estimate of drug-likeness (QED) is 0.846. The molecule has 0 saturated carbocycles. The Labute approximate surface area is 142 Å². The van der Waals surface area contributed by atoms with Crippen molar-refractivity contribution in [2.24, 2.45) is 11.3 Å². The molecule has 0 spiro atoms. The highest BCUT2D eigenvalue weighted by Crippen LogP contribution is 2.35. The van der Waals surface area contributed by atoms with Gasteiger partial charge in [0.05, 0.1) is 0 Å². The minimum Gasteiger partial charge on any atom is -0.396 e. The zero-order chi connectivity index (χ0) is 17.0. The third-order valence-corrected chi connectivity index (χ3v) is 5.75. The Balaban J connectivity index is 2.07. The number of benzene rings is 1. The Morgan fingerprint density at radius 2 is 1.91 bits per heavy atom. The number of hydrogen-bond acceptors (Lipinski definition) is 3. The highest BCUT2D eigenvalue weighted by atomic mass is 16.3. The van der Waals surface area contributed by atoms with E-state index in [0.717, 1.165) is 13.1 Å². The van der Waals surface area contributed by atoms with E-state index < -0.39 is 0 Å². The van der Waals surface area contributed by atoms with E-state index in [2.05, 4.69) is 75.3 Å². The lowest BCUT2D eigenvalue weighted by Crippen LogP contribution is -2.52. The van der Waals surface area contributed by atoms with Crippen molar-refractivity contribution in [3.8, 4) is 0 Å². The molecule has 1 fully saturated rings. The van der Waals surface area contributed by atoms with Crippen molar-refractivity contribution < 1.29 is 5.11 Å². The van der Waals surface area contributed by atoms with Gasteiger partial charge in [-0.15, -0.1) is 0 Å². The van der Waals surface area contributed by atoms with Crippen LogP contribution in [-0.4, -0.2) is 48.8 Å². The molecule has 1 aromatic rings. The molecule has 0 unspecified atom stereocenters. The van der Waals surface area contributed by atoms with Crippen LogP contribution in [0.3, 0.4) is 0 Å². The number of likely N-dealkylation sites (tertiary alicyclic amines) is 1. The van der Waals surface area contributed by atoms with Gasteiger partial charge in [-0.3, -0.25) is 0 Å². The number of hydrogen-bond donors (Lipinski definition) is 2. The summed E-state index contributed by atoms with van der Waals surface area (Å²) in [6.07, 6.45) is 1.19. The standard InChI is InChI=1S/C20H34N2O/c1-15-13-22(5)16(2)11-19(15)21-12-18(20(3,4)14-23)17-9-7-6-8-10-17/h6-10,15-16,18-19,21,23H,11-14H2,1-5H3/t15-,16-,18+,19-/m1/s1. The maximum atomic E-state index is 9.86. The largest absolute Gasteiger partial charge is 0.396 e. The van der Waals surface area contributed by atoms with E-state index in [0.29, 0.717) is 23.9 Å². The average Bonchev–Trinajstić information content (AvgIpc) is 2.53. The van der Waals surface area contributed by atoms with E-state index >= 15 is 0 Å². The Kier molecular flexibility index (Phi) is 6.24. The van der Waals surface area contributed by atoms with Crippen molar-refractivity contribution in [3.05, 3.63) is 35.9 Å². The van der Waals surface area contributed by atoms with E-state index in [9.17, 15) is 5.11 Å². The SMILES string of the molecule is C[C@@H]1CN(C)[C@H](C)C[C@H]1NC[C@@H](c1ccccc1)C(C)(C)CO. The van der Waals surface area contributed by atoms with Gasteiger partial charge in [-0.25, -0.2) is 0 Å². The summed E-state index contributed by atoms with van der Waals surface area (Å²) in [6, 6.07) is 11.8. The molecule has 1 saturated heterocycles. The van der Waals surface area contributed by atoms with Crippen LogP contribution in [0, 0.1) is 11.3 Å². The highest BCUT2D eigenvalue weighted by Gasteiger charge is 2.33. The summed E-state index contributed by atoms with van der Waals surface area (Å²) < 4.78 is 0. The van der Waals surface area contributed by atoms with Crippen LogP contribution >= 0.6 is 0 Å². The smallest absolute Gasteiger partial charge is 0.0488 e. The molecule has 130 valence electrons. The topological polar surface area (TPSA) is 35.5 Å². The summed E-state index contributed by atoms with van der Waals surface area (Å²) in [7, 11) is 2.22. The molecule has 1 heterocycles. The number of piperidine rings is 1. The van der Waals surface area contributed by atoms with Crippen molar-refractivity contribution in [2.45, 2.75) is 52.1 Å². The van der Waals surface area contributed by atoms with Gasteiger partial charge < -0.3 is 15.3 Å². The molecule has 0 aromatic heterocycles. The molecule has 23 heavy (non-hydrogen) atoms. The van der Waals surface area contributed by atoms with Crippen molar-refractivity contribution in [1.29, 1.82) is 0 Å². The van der Waals surface area contributed by atoms with Crippen LogP contribution in [-0.2, 0) is 0 Å². The van der Waals surface area contributed by atoms with Gasteiger partial charge in [-0.2, -0.15) is 0 Å².